The van der Waals surface area contributed by atoms with Crippen LogP contribution < -0.4 is 15.4 Å². The molecule has 106 valence electrons. The van der Waals surface area contributed by atoms with E-state index in [1.807, 2.05) is 12.1 Å². The Hall–Kier alpha value is -0.860. The second-order valence-electron chi connectivity index (χ2n) is 3.73. The molecule has 0 aliphatic carbocycles. The van der Waals surface area contributed by atoms with Gasteiger partial charge >= 0.3 is 0 Å². The van der Waals surface area contributed by atoms with Crippen LogP contribution >= 0.6 is 47.8 Å². The van der Waals surface area contributed by atoms with Crippen molar-refractivity contribution in [2.75, 3.05) is 24.8 Å². The number of benzene rings is 1. The average Bonchev–Trinajstić information content (AvgIpc) is 2.43. The molecule has 0 aliphatic heterocycles. The van der Waals surface area contributed by atoms with Gasteiger partial charge in [-0.2, -0.15) is 0 Å². The van der Waals surface area contributed by atoms with Crippen LogP contribution in [0.15, 0.2) is 31.9 Å². The zero-order valence-corrected chi connectivity index (χ0v) is 15.4. The second-order valence-corrected chi connectivity index (χ2v) is 6.23. The predicted molar refractivity (Wildman–Crippen MR) is 91.0 cm³/mol. The first-order chi connectivity index (χ1) is 9.56. The largest absolute Gasteiger partial charge is 0.495 e. The van der Waals surface area contributed by atoms with Gasteiger partial charge in [0, 0.05) is 17.6 Å². The molecule has 0 saturated heterocycles. The van der Waals surface area contributed by atoms with Gasteiger partial charge in [0.05, 0.1) is 17.3 Å². The standard InChI is InChI=1S/C12H11Br3N4O/c1-16-11-10(15)12(18-5-17-11)19-8-4-9(20-2)7(14)3-6(8)13/h3-5H,1-2H3,(H2,16,17,18,19). The minimum Gasteiger partial charge on any atom is -0.495 e. The number of aromatic nitrogens is 2. The van der Waals surface area contributed by atoms with Crippen molar-refractivity contribution in [1.82, 2.24) is 9.97 Å². The van der Waals surface area contributed by atoms with Crippen molar-refractivity contribution < 1.29 is 4.74 Å². The van der Waals surface area contributed by atoms with Gasteiger partial charge in [0.15, 0.2) is 0 Å². The van der Waals surface area contributed by atoms with E-state index in [-0.39, 0.29) is 0 Å². The predicted octanol–water partition coefficient (Wildman–Crippen LogP) is 4.56. The summed E-state index contributed by atoms with van der Waals surface area (Å²) in [7, 11) is 3.42. The number of rotatable bonds is 4. The second kappa shape index (κ2) is 6.73. The molecule has 2 aromatic rings. The number of anilines is 3. The zero-order valence-electron chi connectivity index (χ0n) is 10.7. The Morgan fingerprint density at radius 1 is 1.05 bits per heavy atom. The van der Waals surface area contributed by atoms with Crippen LogP contribution in [0.1, 0.15) is 0 Å². The Kier molecular flexibility index (Phi) is 5.22. The number of ether oxygens (including phenoxy) is 1. The van der Waals surface area contributed by atoms with Crippen LogP contribution in [-0.4, -0.2) is 24.1 Å². The normalized spacial score (nSPS) is 10.2. The fraction of sp³-hybridized carbons (Fsp3) is 0.167. The summed E-state index contributed by atoms with van der Waals surface area (Å²) in [5.41, 5.74) is 0.839. The molecule has 0 aliphatic rings. The number of halogens is 3. The van der Waals surface area contributed by atoms with E-state index in [1.54, 1.807) is 14.2 Å². The third kappa shape index (κ3) is 3.24. The molecular formula is C12H11Br3N4O. The fourth-order valence-corrected chi connectivity index (χ4v) is 3.30. The van der Waals surface area contributed by atoms with E-state index in [1.165, 1.54) is 6.33 Å². The van der Waals surface area contributed by atoms with Gasteiger partial charge in [0.1, 0.15) is 28.2 Å². The molecule has 2 rings (SSSR count). The Balaban J connectivity index is 2.40. The van der Waals surface area contributed by atoms with E-state index in [0.717, 1.165) is 24.9 Å². The summed E-state index contributed by atoms with van der Waals surface area (Å²) < 4.78 is 7.81. The van der Waals surface area contributed by atoms with E-state index < -0.39 is 0 Å². The van der Waals surface area contributed by atoms with Crippen molar-refractivity contribution in [3.63, 3.8) is 0 Å². The van der Waals surface area contributed by atoms with E-state index in [9.17, 15) is 0 Å². The summed E-state index contributed by atoms with van der Waals surface area (Å²) in [4.78, 5) is 8.34. The number of methoxy groups -OCH3 is 1. The minimum absolute atomic E-state index is 0.662. The molecule has 5 nitrogen and oxygen atoms in total. The summed E-state index contributed by atoms with van der Waals surface area (Å²) in [5, 5.41) is 6.22. The van der Waals surface area contributed by atoms with Crippen molar-refractivity contribution in [2.45, 2.75) is 0 Å². The summed E-state index contributed by atoms with van der Waals surface area (Å²) >= 11 is 10.4. The molecule has 20 heavy (non-hydrogen) atoms. The van der Waals surface area contributed by atoms with Gasteiger partial charge in [0.2, 0.25) is 0 Å². The highest BCUT2D eigenvalue weighted by Gasteiger charge is 2.11. The van der Waals surface area contributed by atoms with Crippen LogP contribution in [0.5, 0.6) is 5.75 Å². The summed E-state index contributed by atoms with van der Waals surface area (Å²) in [6, 6.07) is 3.79. The number of hydrogen-bond donors (Lipinski definition) is 2. The van der Waals surface area contributed by atoms with Gasteiger partial charge in [0.25, 0.3) is 0 Å². The molecule has 0 spiro atoms. The maximum atomic E-state index is 5.29. The number of nitrogens with zero attached hydrogens (tertiary/aromatic N) is 2. The highest BCUT2D eigenvalue weighted by atomic mass is 79.9. The molecule has 0 fully saturated rings. The third-order valence-electron chi connectivity index (χ3n) is 2.52. The lowest BCUT2D eigenvalue weighted by molar-refractivity contribution is 0.412. The van der Waals surface area contributed by atoms with Crippen molar-refractivity contribution in [3.8, 4) is 5.75 Å². The van der Waals surface area contributed by atoms with Crippen LogP contribution in [0.25, 0.3) is 0 Å². The average molecular weight is 467 g/mol. The van der Waals surface area contributed by atoms with Crippen molar-refractivity contribution in [3.05, 3.63) is 31.9 Å². The Labute approximate surface area is 141 Å². The van der Waals surface area contributed by atoms with Crippen LogP contribution in [0.2, 0.25) is 0 Å². The molecule has 0 atom stereocenters. The highest BCUT2D eigenvalue weighted by Crippen LogP contribution is 2.37. The monoisotopic (exact) mass is 464 g/mol. The Bertz CT molecular complexity index is 636. The molecular weight excluding hydrogens is 456 g/mol. The fourth-order valence-electron chi connectivity index (χ4n) is 1.54. The maximum absolute atomic E-state index is 5.29. The van der Waals surface area contributed by atoms with Crippen molar-refractivity contribution >= 4 is 65.1 Å². The molecule has 0 radical (unpaired) electrons. The van der Waals surface area contributed by atoms with Crippen LogP contribution in [0.4, 0.5) is 17.3 Å². The van der Waals surface area contributed by atoms with Gasteiger partial charge in [-0.25, -0.2) is 9.97 Å². The van der Waals surface area contributed by atoms with E-state index in [4.69, 9.17) is 4.74 Å². The Morgan fingerprint density at radius 3 is 2.40 bits per heavy atom. The first-order valence-corrected chi connectivity index (χ1v) is 7.93. The van der Waals surface area contributed by atoms with Gasteiger partial charge in [-0.05, 0) is 53.9 Å². The molecule has 2 N–H and O–H groups in total. The van der Waals surface area contributed by atoms with Crippen LogP contribution in [0.3, 0.4) is 0 Å². The first-order valence-electron chi connectivity index (χ1n) is 5.55. The lowest BCUT2D eigenvalue weighted by Gasteiger charge is -2.13. The summed E-state index contributed by atoms with van der Waals surface area (Å²) in [5.74, 6) is 2.10. The molecule has 1 heterocycles. The summed E-state index contributed by atoms with van der Waals surface area (Å²) in [6.45, 7) is 0. The maximum Gasteiger partial charge on any atom is 0.150 e. The molecule has 1 aromatic carbocycles. The molecule has 0 amide bonds. The summed E-state index contributed by atoms with van der Waals surface area (Å²) in [6.07, 6.45) is 1.49. The van der Waals surface area contributed by atoms with Gasteiger partial charge in [-0.1, -0.05) is 0 Å². The Morgan fingerprint density at radius 2 is 1.75 bits per heavy atom. The highest BCUT2D eigenvalue weighted by molar-refractivity contribution is 9.11. The minimum atomic E-state index is 0.662. The van der Waals surface area contributed by atoms with Crippen molar-refractivity contribution in [1.29, 1.82) is 0 Å². The topological polar surface area (TPSA) is 59.1 Å². The molecule has 0 bridgehead atoms. The number of hydrogen-bond acceptors (Lipinski definition) is 5. The van der Waals surface area contributed by atoms with E-state index >= 15 is 0 Å². The lowest BCUT2D eigenvalue weighted by atomic mass is 10.3. The van der Waals surface area contributed by atoms with Crippen LogP contribution in [-0.2, 0) is 0 Å². The quantitative estimate of drug-likeness (QED) is 0.692. The van der Waals surface area contributed by atoms with Crippen LogP contribution in [0, 0.1) is 0 Å². The number of nitrogens with one attached hydrogen (secondary N) is 2. The third-order valence-corrected chi connectivity index (χ3v) is 4.55. The smallest absolute Gasteiger partial charge is 0.150 e. The molecule has 8 heteroatoms. The first kappa shape index (κ1) is 15.5. The van der Waals surface area contributed by atoms with Gasteiger partial charge in [-0.3, -0.25) is 0 Å². The lowest BCUT2D eigenvalue weighted by Crippen LogP contribution is -2.01. The van der Waals surface area contributed by atoms with E-state index in [2.05, 4.69) is 68.4 Å². The van der Waals surface area contributed by atoms with Gasteiger partial charge in [-0.15, -0.1) is 0 Å². The van der Waals surface area contributed by atoms with E-state index in [0.29, 0.717) is 11.6 Å². The van der Waals surface area contributed by atoms with Crippen molar-refractivity contribution in [2.24, 2.45) is 0 Å². The zero-order chi connectivity index (χ0) is 14.7. The molecule has 0 unspecified atom stereocenters. The SMILES string of the molecule is CNc1ncnc(Nc2cc(OC)c(Br)cc2Br)c1Br. The molecule has 0 saturated carbocycles. The van der Waals surface area contributed by atoms with Gasteiger partial charge < -0.3 is 15.4 Å². The molecule has 1 aromatic heterocycles.